The van der Waals surface area contributed by atoms with Crippen molar-refractivity contribution >= 4 is 12.0 Å². The normalized spacial score (nSPS) is 11.0. The lowest BCUT2D eigenvalue weighted by molar-refractivity contribution is -0.147. The molecule has 0 unspecified atom stereocenters. The summed E-state index contributed by atoms with van der Waals surface area (Å²) in [5.41, 5.74) is -1.27. The summed E-state index contributed by atoms with van der Waals surface area (Å²) in [5.74, 6) is -1.05. The molecular formula is C13H23N3O3. The van der Waals surface area contributed by atoms with Crippen LogP contribution in [0.15, 0.2) is 0 Å². The molecule has 0 atom stereocenters. The zero-order valence-electron chi connectivity index (χ0n) is 12.3. The summed E-state index contributed by atoms with van der Waals surface area (Å²) in [6, 6.07) is 1.57. The molecule has 0 saturated carbocycles. The van der Waals surface area contributed by atoms with Gasteiger partial charge in [-0.3, -0.25) is 0 Å². The van der Waals surface area contributed by atoms with Crippen LogP contribution in [-0.2, 0) is 4.79 Å². The van der Waals surface area contributed by atoms with E-state index < -0.39 is 11.5 Å². The second-order valence-electron chi connectivity index (χ2n) is 5.09. The number of rotatable bonds is 6. The van der Waals surface area contributed by atoms with E-state index in [2.05, 4.69) is 0 Å². The van der Waals surface area contributed by atoms with Crippen molar-refractivity contribution in [1.82, 2.24) is 9.80 Å². The lowest BCUT2D eigenvalue weighted by Crippen LogP contribution is -2.58. The minimum atomic E-state index is -1.27. The molecule has 0 saturated heterocycles. The molecule has 0 aliphatic heterocycles. The average Bonchev–Trinajstić information content (AvgIpc) is 2.29. The maximum absolute atomic E-state index is 12.5. The number of carbonyl (C=O) groups is 2. The molecule has 0 aliphatic rings. The number of nitrogens with zero attached hydrogens (tertiary/aromatic N) is 3. The summed E-state index contributed by atoms with van der Waals surface area (Å²) in [7, 11) is 0. The van der Waals surface area contributed by atoms with Gasteiger partial charge in [0, 0.05) is 19.1 Å². The molecule has 6 nitrogen and oxygen atoms in total. The largest absolute Gasteiger partial charge is 0.480 e. The van der Waals surface area contributed by atoms with Crippen molar-refractivity contribution in [2.45, 2.75) is 52.6 Å². The molecule has 0 bridgehead atoms. The summed E-state index contributed by atoms with van der Waals surface area (Å²) >= 11 is 0. The number of hydrogen-bond donors (Lipinski definition) is 1. The van der Waals surface area contributed by atoms with Crippen LogP contribution >= 0.6 is 0 Å². The fraction of sp³-hybridized carbons (Fsp3) is 0.769. The molecule has 19 heavy (non-hydrogen) atoms. The second kappa shape index (κ2) is 6.98. The Morgan fingerprint density at radius 2 is 1.89 bits per heavy atom. The molecule has 0 aliphatic carbocycles. The first-order valence-corrected chi connectivity index (χ1v) is 6.38. The number of urea groups is 1. The quantitative estimate of drug-likeness (QED) is 0.798. The number of aliphatic carboxylic acids is 1. The molecule has 0 aromatic carbocycles. The Hall–Kier alpha value is -1.77. The van der Waals surface area contributed by atoms with Crippen LogP contribution in [-0.4, -0.2) is 51.6 Å². The summed E-state index contributed by atoms with van der Waals surface area (Å²) < 4.78 is 0. The number of amides is 2. The highest BCUT2D eigenvalue weighted by Crippen LogP contribution is 2.18. The van der Waals surface area contributed by atoms with Crippen molar-refractivity contribution in [3.8, 4) is 6.07 Å². The molecule has 0 heterocycles. The van der Waals surface area contributed by atoms with Gasteiger partial charge in [-0.25, -0.2) is 9.59 Å². The van der Waals surface area contributed by atoms with Crippen LogP contribution in [0.1, 0.15) is 41.0 Å². The predicted octanol–water partition coefficient (Wildman–Crippen LogP) is 1.92. The maximum Gasteiger partial charge on any atom is 0.329 e. The molecule has 0 spiro atoms. The van der Waals surface area contributed by atoms with E-state index in [4.69, 9.17) is 5.26 Å². The molecular weight excluding hydrogens is 246 g/mol. The van der Waals surface area contributed by atoms with Gasteiger partial charge in [0.25, 0.3) is 0 Å². The van der Waals surface area contributed by atoms with Crippen molar-refractivity contribution in [3.05, 3.63) is 0 Å². The third-order valence-corrected chi connectivity index (χ3v) is 3.08. The number of nitriles is 1. The molecule has 108 valence electrons. The van der Waals surface area contributed by atoms with E-state index in [0.717, 1.165) is 0 Å². The maximum atomic E-state index is 12.5. The molecule has 0 aromatic heterocycles. The molecule has 0 aromatic rings. The van der Waals surface area contributed by atoms with Gasteiger partial charge in [0.1, 0.15) is 5.54 Å². The highest BCUT2D eigenvalue weighted by atomic mass is 16.4. The summed E-state index contributed by atoms with van der Waals surface area (Å²) in [6.45, 7) is 9.03. The number of carboxylic acid groups (broad SMARTS) is 1. The number of carboxylic acids is 1. The Morgan fingerprint density at radius 3 is 2.21 bits per heavy atom. The third-order valence-electron chi connectivity index (χ3n) is 3.08. The van der Waals surface area contributed by atoms with Crippen LogP contribution < -0.4 is 0 Å². The Labute approximate surface area is 114 Å². The number of likely N-dealkylation sites (N-methyl/N-ethyl adjacent to an activating group) is 1. The topological polar surface area (TPSA) is 84.6 Å². The van der Waals surface area contributed by atoms with E-state index >= 15 is 0 Å². The lowest BCUT2D eigenvalue weighted by Gasteiger charge is -2.39. The highest BCUT2D eigenvalue weighted by Gasteiger charge is 2.39. The lowest BCUT2D eigenvalue weighted by atomic mass is 10.0. The Bertz CT molecular complexity index is 372. The van der Waals surface area contributed by atoms with E-state index in [0.29, 0.717) is 13.1 Å². The molecule has 0 fully saturated rings. The van der Waals surface area contributed by atoms with E-state index in [9.17, 15) is 14.7 Å². The molecule has 1 N–H and O–H groups in total. The van der Waals surface area contributed by atoms with Gasteiger partial charge < -0.3 is 14.9 Å². The van der Waals surface area contributed by atoms with Crippen LogP contribution in [0.5, 0.6) is 0 Å². The fourth-order valence-corrected chi connectivity index (χ4v) is 1.79. The van der Waals surface area contributed by atoms with Crippen molar-refractivity contribution in [1.29, 1.82) is 5.26 Å². The first-order valence-electron chi connectivity index (χ1n) is 6.38. The fourth-order valence-electron chi connectivity index (χ4n) is 1.79. The van der Waals surface area contributed by atoms with Gasteiger partial charge >= 0.3 is 12.0 Å². The smallest absolute Gasteiger partial charge is 0.329 e. The zero-order valence-corrected chi connectivity index (χ0v) is 12.3. The number of hydrogen-bond acceptors (Lipinski definition) is 3. The predicted molar refractivity (Wildman–Crippen MR) is 71.6 cm³/mol. The standard InChI is InChI=1S/C13H23N3O3/c1-6-16(13(4,5)11(17)18)12(19)15(10(2)3)9-7-8-14/h10H,6-7,9H2,1-5H3,(H,17,18). The van der Waals surface area contributed by atoms with Crippen molar-refractivity contribution < 1.29 is 14.7 Å². The van der Waals surface area contributed by atoms with Gasteiger partial charge in [0.15, 0.2) is 0 Å². The molecule has 6 heteroatoms. The molecule has 0 radical (unpaired) electrons. The first kappa shape index (κ1) is 17.2. The van der Waals surface area contributed by atoms with E-state index in [-0.39, 0.29) is 18.5 Å². The Morgan fingerprint density at radius 1 is 1.37 bits per heavy atom. The summed E-state index contributed by atoms with van der Waals surface area (Å²) in [4.78, 5) is 26.6. The summed E-state index contributed by atoms with van der Waals surface area (Å²) in [6.07, 6.45) is 0.231. The minimum absolute atomic E-state index is 0.0838. The van der Waals surface area contributed by atoms with Crippen molar-refractivity contribution in [3.63, 3.8) is 0 Å². The average molecular weight is 269 g/mol. The van der Waals surface area contributed by atoms with Crippen LogP contribution in [0.4, 0.5) is 4.79 Å². The highest BCUT2D eigenvalue weighted by molar-refractivity contribution is 5.85. The van der Waals surface area contributed by atoms with Crippen LogP contribution in [0.25, 0.3) is 0 Å². The SMILES string of the molecule is CCN(C(=O)N(CCC#N)C(C)C)C(C)(C)C(=O)O. The third kappa shape index (κ3) is 4.12. The van der Waals surface area contributed by atoms with Gasteiger partial charge in [0.05, 0.1) is 12.5 Å². The van der Waals surface area contributed by atoms with Gasteiger partial charge in [-0.05, 0) is 34.6 Å². The van der Waals surface area contributed by atoms with Crippen LogP contribution in [0.2, 0.25) is 0 Å². The van der Waals surface area contributed by atoms with Gasteiger partial charge in [-0.1, -0.05) is 0 Å². The van der Waals surface area contributed by atoms with Crippen LogP contribution in [0.3, 0.4) is 0 Å². The van der Waals surface area contributed by atoms with Crippen molar-refractivity contribution in [2.75, 3.05) is 13.1 Å². The van der Waals surface area contributed by atoms with Crippen LogP contribution in [0, 0.1) is 11.3 Å². The Kier molecular flexibility index (Phi) is 6.33. The van der Waals surface area contributed by atoms with Gasteiger partial charge in [0.2, 0.25) is 0 Å². The molecule has 0 rings (SSSR count). The van der Waals surface area contributed by atoms with Crippen molar-refractivity contribution in [2.24, 2.45) is 0 Å². The van der Waals surface area contributed by atoms with E-state index in [1.807, 2.05) is 19.9 Å². The zero-order chi connectivity index (χ0) is 15.2. The monoisotopic (exact) mass is 269 g/mol. The Balaban J connectivity index is 5.20. The van der Waals surface area contributed by atoms with Gasteiger partial charge in [-0.15, -0.1) is 0 Å². The van der Waals surface area contributed by atoms with Gasteiger partial charge in [-0.2, -0.15) is 5.26 Å². The first-order chi connectivity index (χ1) is 8.69. The second-order valence-corrected chi connectivity index (χ2v) is 5.09. The molecule has 2 amide bonds. The summed E-state index contributed by atoms with van der Waals surface area (Å²) in [5, 5.41) is 17.9. The minimum Gasteiger partial charge on any atom is -0.480 e. The van der Waals surface area contributed by atoms with E-state index in [1.165, 1.54) is 23.6 Å². The number of carbonyl (C=O) groups excluding carboxylic acids is 1. The van der Waals surface area contributed by atoms with E-state index in [1.54, 1.807) is 6.92 Å².